The zero-order valence-electron chi connectivity index (χ0n) is 13.1. The molecule has 0 saturated carbocycles. The first-order valence-electron chi connectivity index (χ1n) is 7.31. The number of primary amides is 1. The second kappa shape index (κ2) is 5.52. The number of halogens is 1. The van der Waals surface area contributed by atoms with Crippen molar-refractivity contribution >= 4 is 16.8 Å². The third-order valence-electron chi connectivity index (χ3n) is 4.24. The molecule has 3 aromatic rings. The smallest absolute Gasteiger partial charge is 0.265 e. The van der Waals surface area contributed by atoms with Crippen LogP contribution in [0.3, 0.4) is 0 Å². The third-order valence-corrected chi connectivity index (χ3v) is 4.24. The highest BCUT2D eigenvalue weighted by molar-refractivity contribution is 6.05. The van der Waals surface area contributed by atoms with Crippen LogP contribution in [-0.2, 0) is 13.6 Å². The lowest BCUT2D eigenvalue weighted by molar-refractivity contribution is 0.0992. The van der Waals surface area contributed by atoms with Gasteiger partial charge in [0.2, 0.25) is 0 Å². The van der Waals surface area contributed by atoms with E-state index in [-0.39, 0.29) is 5.82 Å². The number of fused-ring (bicyclic) bond motifs is 1. The molecular weight excluding hydrogens is 293 g/mol. The summed E-state index contributed by atoms with van der Waals surface area (Å²) < 4.78 is 15.8. The molecule has 1 aromatic heterocycles. The third kappa shape index (κ3) is 2.39. The highest BCUT2D eigenvalue weighted by Gasteiger charge is 2.20. The lowest BCUT2D eigenvalue weighted by Gasteiger charge is -2.09. The van der Waals surface area contributed by atoms with Crippen molar-refractivity contribution in [3.05, 3.63) is 59.0 Å². The summed E-state index contributed by atoms with van der Waals surface area (Å²) in [6.45, 7) is 2.23. The lowest BCUT2D eigenvalue weighted by atomic mass is 10.00. The summed E-state index contributed by atoms with van der Waals surface area (Å²) in [6.07, 6.45) is 0. The van der Waals surface area contributed by atoms with E-state index in [1.165, 1.54) is 12.1 Å². The predicted molar refractivity (Wildman–Crippen MR) is 89.5 cm³/mol. The van der Waals surface area contributed by atoms with Gasteiger partial charge in [-0.25, -0.2) is 4.39 Å². The molecule has 4 nitrogen and oxygen atoms in total. The maximum Gasteiger partial charge on any atom is 0.265 e. The minimum atomic E-state index is -0.522. The number of aryl methyl sites for hydroxylation is 2. The van der Waals surface area contributed by atoms with Crippen LogP contribution < -0.4 is 11.5 Å². The number of hydrogen-bond donors (Lipinski definition) is 2. The molecule has 3 rings (SSSR count). The normalized spacial score (nSPS) is 11.1. The number of benzene rings is 2. The minimum Gasteiger partial charge on any atom is -0.364 e. The van der Waals surface area contributed by atoms with Gasteiger partial charge in [-0.3, -0.25) is 4.79 Å². The summed E-state index contributed by atoms with van der Waals surface area (Å²) >= 11 is 0. The standard InChI is InChI=1S/C18H18FN3O/c1-10-14-7-13(19)8-15(12-5-3-11(9-20)4-6-12)17(14)22(2)16(10)18(21)23/h3-8H,9,20H2,1-2H3,(H2,21,23). The maximum absolute atomic E-state index is 14.1. The number of carbonyl (C=O) groups excluding carboxylic acids is 1. The lowest BCUT2D eigenvalue weighted by Crippen LogP contribution is -2.16. The van der Waals surface area contributed by atoms with Crippen LogP contribution in [0.15, 0.2) is 36.4 Å². The van der Waals surface area contributed by atoms with Crippen LogP contribution in [0.5, 0.6) is 0 Å². The molecule has 0 aliphatic carbocycles. The van der Waals surface area contributed by atoms with E-state index in [4.69, 9.17) is 11.5 Å². The molecule has 0 atom stereocenters. The van der Waals surface area contributed by atoms with Crippen molar-refractivity contribution in [1.29, 1.82) is 0 Å². The zero-order chi connectivity index (χ0) is 16.7. The Morgan fingerprint density at radius 2 is 1.87 bits per heavy atom. The predicted octanol–water partition coefficient (Wildman–Crippen LogP) is 2.85. The van der Waals surface area contributed by atoms with E-state index in [1.807, 2.05) is 24.3 Å². The van der Waals surface area contributed by atoms with Gasteiger partial charge in [0, 0.05) is 24.5 Å². The van der Waals surface area contributed by atoms with Gasteiger partial charge in [0.15, 0.2) is 0 Å². The molecule has 5 heteroatoms. The highest BCUT2D eigenvalue weighted by Crippen LogP contribution is 2.34. The molecule has 0 fully saturated rings. The monoisotopic (exact) mass is 311 g/mol. The number of aromatic nitrogens is 1. The van der Waals surface area contributed by atoms with Gasteiger partial charge in [0.25, 0.3) is 5.91 Å². The van der Waals surface area contributed by atoms with Gasteiger partial charge in [0.1, 0.15) is 11.5 Å². The number of hydrogen-bond acceptors (Lipinski definition) is 2. The van der Waals surface area contributed by atoms with Gasteiger partial charge in [0.05, 0.1) is 5.52 Å². The van der Waals surface area contributed by atoms with Crippen LogP contribution in [0.25, 0.3) is 22.0 Å². The van der Waals surface area contributed by atoms with E-state index in [1.54, 1.807) is 18.5 Å². The van der Waals surface area contributed by atoms with Crippen LogP contribution in [0, 0.1) is 12.7 Å². The van der Waals surface area contributed by atoms with E-state index < -0.39 is 5.91 Å². The van der Waals surface area contributed by atoms with Crippen LogP contribution in [0.4, 0.5) is 4.39 Å². The average Bonchev–Trinajstić information content (AvgIpc) is 2.78. The SMILES string of the molecule is Cc1c(C(N)=O)n(C)c2c(-c3ccc(CN)cc3)cc(F)cc12. The van der Waals surface area contributed by atoms with Crippen molar-refractivity contribution < 1.29 is 9.18 Å². The Morgan fingerprint density at radius 1 is 1.22 bits per heavy atom. The number of carbonyl (C=O) groups is 1. The van der Waals surface area contributed by atoms with Crippen LogP contribution in [0.1, 0.15) is 21.6 Å². The fourth-order valence-corrected chi connectivity index (χ4v) is 3.13. The Morgan fingerprint density at radius 3 is 2.43 bits per heavy atom. The van der Waals surface area contributed by atoms with Gasteiger partial charge < -0.3 is 16.0 Å². The van der Waals surface area contributed by atoms with Gasteiger partial charge in [-0.15, -0.1) is 0 Å². The van der Waals surface area contributed by atoms with Gasteiger partial charge >= 0.3 is 0 Å². The summed E-state index contributed by atoms with van der Waals surface area (Å²) in [4.78, 5) is 11.7. The summed E-state index contributed by atoms with van der Waals surface area (Å²) in [7, 11) is 1.77. The fraction of sp³-hybridized carbons (Fsp3) is 0.167. The molecule has 23 heavy (non-hydrogen) atoms. The molecule has 0 unspecified atom stereocenters. The number of amides is 1. The minimum absolute atomic E-state index is 0.347. The largest absolute Gasteiger partial charge is 0.364 e. The molecule has 2 aromatic carbocycles. The Labute approximate surface area is 133 Å². The Hall–Kier alpha value is -2.66. The van der Waals surface area contributed by atoms with Crippen LogP contribution in [0.2, 0.25) is 0 Å². The van der Waals surface area contributed by atoms with E-state index in [0.29, 0.717) is 23.2 Å². The molecule has 0 bridgehead atoms. The first-order valence-corrected chi connectivity index (χ1v) is 7.31. The Balaban J connectivity index is 2.36. The first kappa shape index (κ1) is 15.2. The summed E-state index contributed by atoms with van der Waals surface area (Å²) in [5.41, 5.74) is 15.6. The second-order valence-corrected chi connectivity index (χ2v) is 5.65. The first-order chi connectivity index (χ1) is 10.9. The Kier molecular flexibility index (Phi) is 3.66. The summed E-state index contributed by atoms with van der Waals surface area (Å²) in [6, 6.07) is 10.6. The van der Waals surface area contributed by atoms with Crippen LogP contribution in [-0.4, -0.2) is 10.5 Å². The molecule has 0 radical (unpaired) electrons. The maximum atomic E-state index is 14.1. The molecule has 0 spiro atoms. The van der Waals surface area contributed by atoms with E-state index in [2.05, 4.69) is 0 Å². The van der Waals surface area contributed by atoms with Gasteiger partial charge in [-0.1, -0.05) is 24.3 Å². The number of rotatable bonds is 3. The molecule has 1 heterocycles. The van der Waals surface area contributed by atoms with Crippen molar-refractivity contribution in [2.75, 3.05) is 0 Å². The highest BCUT2D eigenvalue weighted by atomic mass is 19.1. The Bertz CT molecular complexity index is 910. The average molecular weight is 311 g/mol. The second-order valence-electron chi connectivity index (χ2n) is 5.65. The number of nitrogens with zero attached hydrogens (tertiary/aromatic N) is 1. The van der Waals surface area contributed by atoms with Gasteiger partial charge in [-0.05, 0) is 35.7 Å². The quantitative estimate of drug-likeness (QED) is 0.780. The summed E-state index contributed by atoms with van der Waals surface area (Å²) in [5.74, 6) is -0.869. The van der Waals surface area contributed by atoms with Crippen molar-refractivity contribution in [1.82, 2.24) is 4.57 Å². The van der Waals surface area contributed by atoms with E-state index >= 15 is 0 Å². The topological polar surface area (TPSA) is 74.0 Å². The van der Waals surface area contributed by atoms with Crippen LogP contribution >= 0.6 is 0 Å². The molecule has 1 amide bonds. The molecule has 118 valence electrons. The van der Waals surface area contributed by atoms with Crippen molar-refractivity contribution in [2.24, 2.45) is 18.5 Å². The molecular formula is C18H18FN3O. The molecule has 0 saturated heterocycles. The molecule has 0 aliphatic heterocycles. The molecule has 0 aliphatic rings. The van der Waals surface area contributed by atoms with E-state index in [9.17, 15) is 9.18 Å². The van der Waals surface area contributed by atoms with Crippen molar-refractivity contribution in [3.63, 3.8) is 0 Å². The molecule has 4 N–H and O–H groups in total. The van der Waals surface area contributed by atoms with Gasteiger partial charge in [-0.2, -0.15) is 0 Å². The fourth-order valence-electron chi connectivity index (χ4n) is 3.13. The summed E-state index contributed by atoms with van der Waals surface area (Å²) in [5, 5.41) is 0.694. The zero-order valence-corrected chi connectivity index (χ0v) is 13.1. The van der Waals surface area contributed by atoms with Crippen molar-refractivity contribution in [3.8, 4) is 11.1 Å². The van der Waals surface area contributed by atoms with Crippen molar-refractivity contribution in [2.45, 2.75) is 13.5 Å². The number of nitrogens with two attached hydrogens (primary N) is 2. The van der Waals surface area contributed by atoms with E-state index in [0.717, 1.165) is 22.2 Å².